The van der Waals surface area contributed by atoms with Crippen molar-refractivity contribution >= 4 is 11.9 Å². The molecular formula is C20H25NO3. The molecule has 1 aromatic rings. The van der Waals surface area contributed by atoms with Crippen molar-refractivity contribution in [3.05, 3.63) is 35.9 Å². The van der Waals surface area contributed by atoms with Crippen LogP contribution in [0.1, 0.15) is 50.9 Å². The molecule has 2 fully saturated rings. The first-order chi connectivity index (χ1) is 11.3. The largest absolute Gasteiger partial charge is 0.472 e. The highest BCUT2D eigenvalue weighted by Gasteiger charge is 2.69. The standard InChI is InChI=1S/C20H25NO3/c1-12(23-18(22)13-8-6-5-7-9-13)17-21-15-14-10-11-20(4,16(15)24-17)19(14,2)3/h5-9,12,14-16H,10-11H2,1-4H3/t12-,14-,15-,16-,20+/m1/s1. The SMILES string of the molecule is C[C@@H](OC(=O)c1ccccc1)C1=N[C@@H]2[C@H]3CC[C@@](C)([C@@H]2O1)C3(C)C. The Morgan fingerprint density at radius 1 is 1.29 bits per heavy atom. The van der Waals surface area contributed by atoms with Crippen LogP contribution in [-0.2, 0) is 9.47 Å². The summed E-state index contributed by atoms with van der Waals surface area (Å²) in [5.41, 5.74) is 0.953. The Balaban J connectivity index is 1.50. The average molecular weight is 327 g/mol. The zero-order chi connectivity index (χ0) is 17.1. The molecule has 1 heterocycles. The van der Waals surface area contributed by atoms with E-state index in [4.69, 9.17) is 14.5 Å². The number of fused-ring (bicyclic) bond motifs is 5. The van der Waals surface area contributed by atoms with Crippen LogP contribution in [0.4, 0.5) is 0 Å². The van der Waals surface area contributed by atoms with Crippen molar-refractivity contribution in [2.45, 2.75) is 58.8 Å². The quantitative estimate of drug-likeness (QED) is 0.792. The fraction of sp³-hybridized carbons (Fsp3) is 0.600. The van der Waals surface area contributed by atoms with Crippen LogP contribution in [0.5, 0.6) is 0 Å². The van der Waals surface area contributed by atoms with Gasteiger partial charge in [0.15, 0.2) is 6.10 Å². The number of hydrogen-bond donors (Lipinski definition) is 0. The van der Waals surface area contributed by atoms with Crippen LogP contribution in [0.25, 0.3) is 0 Å². The fourth-order valence-electron chi connectivity index (χ4n) is 4.98. The summed E-state index contributed by atoms with van der Waals surface area (Å²) >= 11 is 0. The molecule has 0 amide bonds. The van der Waals surface area contributed by atoms with E-state index in [-0.39, 0.29) is 28.9 Å². The predicted octanol–water partition coefficient (Wildman–Crippen LogP) is 3.85. The number of carbonyl (C=O) groups excluding carboxylic acids is 1. The Kier molecular flexibility index (Phi) is 3.32. The van der Waals surface area contributed by atoms with Gasteiger partial charge in [-0.05, 0) is 43.2 Å². The van der Waals surface area contributed by atoms with Crippen LogP contribution >= 0.6 is 0 Å². The van der Waals surface area contributed by atoms with Crippen LogP contribution in [0, 0.1) is 16.7 Å². The Bertz CT molecular complexity index is 696. The van der Waals surface area contributed by atoms with Crippen molar-refractivity contribution in [2.75, 3.05) is 0 Å². The molecule has 1 aromatic carbocycles. The Morgan fingerprint density at radius 3 is 2.67 bits per heavy atom. The van der Waals surface area contributed by atoms with E-state index in [2.05, 4.69) is 20.8 Å². The maximum Gasteiger partial charge on any atom is 0.338 e. The number of carbonyl (C=O) groups is 1. The summed E-state index contributed by atoms with van der Waals surface area (Å²) < 4.78 is 11.8. The van der Waals surface area contributed by atoms with Gasteiger partial charge in [0.1, 0.15) is 6.10 Å². The lowest BCUT2D eigenvalue weighted by atomic mass is 9.70. The molecule has 0 unspecified atom stereocenters. The highest BCUT2D eigenvalue weighted by atomic mass is 16.6. The molecular weight excluding hydrogens is 302 g/mol. The molecule has 0 aromatic heterocycles. The van der Waals surface area contributed by atoms with E-state index >= 15 is 0 Å². The summed E-state index contributed by atoms with van der Waals surface area (Å²) in [5, 5.41) is 0. The number of esters is 1. The van der Waals surface area contributed by atoms with Crippen LogP contribution < -0.4 is 0 Å². The lowest BCUT2D eigenvalue weighted by Crippen LogP contribution is -2.40. The first-order valence-corrected chi connectivity index (χ1v) is 8.85. The summed E-state index contributed by atoms with van der Waals surface area (Å²) in [7, 11) is 0. The van der Waals surface area contributed by atoms with Crippen LogP contribution in [0.2, 0.25) is 0 Å². The Labute approximate surface area is 143 Å². The second kappa shape index (κ2) is 5.08. The average Bonchev–Trinajstić information content (AvgIpc) is 3.14. The van der Waals surface area contributed by atoms with Crippen molar-refractivity contribution in [3.63, 3.8) is 0 Å². The number of aliphatic imine (C=N–C) groups is 1. The molecule has 0 spiro atoms. The number of rotatable bonds is 3. The number of nitrogens with zero attached hydrogens (tertiary/aromatic N) is 1. The van der Waals surface area contributed by atoms with Gasteiger partial charge in [-0.2, -0.15) is 0 Å². The van der Waals surface area contributed by atoms with Gasteiger partial charge in [-0.25, -0.2) is 9.79 Å². The topological polar surface area (TPSA) is 47.9 Å². The molecule has 0 N–H and O–H groups in total. The van der Waals surface area contributed by atoms with E-state index in [1.165, 1.54) is 12.8 Å². The van der Waals surface area contributed by atoms with E-state index < -0.39 is 6.10 Å². The summed E-state index contributed by atoms with van der Waals surface area (Å²) in [6.45, 7) is 8.87. The maximum atomic E-state index is 12.2. The molecule has 0 radical (unpaired) electrons. The minimum atomic E-state index is -0.450. The smallest absolute Gasteiger partial charge is 0.338 e. The zero-order valence-corrected chi connectivity index (χ0v) is 14.8. The van der Waals surface area contributed by atoms with Gasteiger partial charge in [0.2, 0.25) is 5.90 Å². The first-order valence-electron chi connectivity index (χ1n) is 8.85. The summed E-state index contributed by atoms with van der Waals surface area (Å²) in [6.07, 6.45) is 2.07. The van der Waals surface area contributed by atoms with E-state index in [9.17, 15) is 4.79 Å². The first kappa shape index (κ1) is 15.7. The number of benzene rings is 1. The van der Waals surface area contributed by atoms with Crippen LogP contribution in [0.15, 0.2) is 35.3 Å². The molecule has 4 heteroatoms. The molecule has 2 bridgehead atoms. The third-order valence-electron chi connectivity index (χ3n) is 6.89. The van der Waals surface area contributed by atoms with Gasteiger partial charge in [0.05, 0.1) is 11.6 Å². The summed E-state index contributed by atoms with van der Waals surface area (Å²) in [6, 6.07) is 9.26. The molecule has 3 aliphatic rings. The molecule has 128 valence electrons. The number of hydrogen-bond acceptors (Lipinski definition) is 4. The van der Waals surface area contributed by atoms with Crippen molar-refractivity contribution in [1.82, 2.24) is 0 Å². The van der Waals surface area contributed by atoms with Crippen molar-refractivity contribution < 1.29 is 14.3 Å². The van der Waals surface area contributed by atoms with Gasteiger partial charge in [0.25, 0.3) is 0 Å². The molecule has 2 aliphatic carbocycles. The second-order valence-electron chi connectivity index (χ2n) is 8.19. The lowest BCUT2D eigenvalue weighted by molar-refractivity contribution is 0.0130. The van der Waals surface area contributed by atoms with Crippen LogP contribution in [0.3, 0.4) is 0 Å². The van der Waals surface area contributed by atoms with E-state index in [1.807, 2.05) is 25.1 Å². The Hall–Kier alpha value is -1.84. The Morgan fingerprint density at radius 2 is 2.00 bits per heavy atom. The highest BCUT2D eigenvalue weighted by molar-refractivity contribution is 5.92. The van der Waals surface area contributed by atoms with Gasteiger partial charge in [0, 0.05) is 5.41 Å². The van der Waals surface area contributed by atoms with E-state index in [0.29, 0.717) is 17.4 Å². The fourth-order valence-corrected chi connectivity index (χ4v) is 4.98. The monoisotopic (exact) mass is 327 g/mol. The third-order valence-corrected chi connectivity index (χ3v) is 6.89. The third kappa shape index (κ3) is 1.98. The minimum absolute atomic E-state index is 0.124. The van der Waals surface area contributed by atoms with Gasteiger partial charge < -0.3 is 9.47 Å². The summed E-state index contributed by atoms with van der Waals surface area (Å²) in [4.78, 5) is 17.1. The zero-order valence-electron chi connectivity index (χ0n) is 14.8. The second-order valence-corrected chi connectivity index (χ2v) is 8.19. The molecule has 0 saturated heterocycles. The molecule has 24 heavy (non-hydrogen) atoms. The van der Waals surface area contributed by atoms with Gasteiger partial charge >= 0.3 is 5.97 Å². The number of ether oxygens (including phenoxy) is 2. The molecule has 4 rings (SSSR count). The van der Waals surface area contributed by atoms with Gasteiger partial charge in [-0.15, -0.1) is 0 Å². The predicted molar refractivity (Wildman–Crippen MR) is 92.0 cm³/mol. The van der Waals surface area contributed by atoms with Crippen molar-refractivity contribution in [1.29, 1.82) is 0 Å². The minimum Gasteiger partial charge on any atom is -0.472 e. The van der Waals surface area contributed by atoms with Gasteiger partial charge in [-0.3, -0.25) is 0 Å². The van der Waals surface area contributed by atoms with Crippen LogP contribution in [-0.4, -0.2) is 30.1 Å². The molecule has 4 nitrogen and oxygen atoms in total. The maximum absolute atomic E-state index is 12.2. The van der Waals surface area contributed by atoms with Crippen molar-refractivity contribution in [3.8, 4) is 0 Å². The van der Waals surface area contributed by atoms with Gasteiger partial charge in [-0.1, -0.05) is 39.0 Å². The summed E-state index contributed by atoms with van der Waals surface area (Å²) in [5.74, 6) is 0.811. The molecule has 5 atom stereocenters. The molecule has 2 saturated carbocycles. The lowest BCUT2D eigenvalue weighted by Gasteiger charge is -2.38. The van der Waals surface area contributed by atoms with E-state index in [0.717, 1.165) is 0 Å². The van der Waals surface area contributed by atoms with Crippen molar-refractivity contribution in [2.24, 2.45) is 21.7 Å². The molecule has 1 aliphatic heterocycles. The highest BCUT2D eigenvalue weighted by Crippen LogP contribution is 2.68. The normalized spacial score (nSPS) is 36.7. The van der Waals surface area contributed by atoms with E-state index in [1.54, 1.807) is 12.1 Å².